The van der Waals surface area contributed by atoms with E-state index in [1.807, 2.05) is 48.5 Å². The molecule has 0 atom stereocenters. The van der Waals surface area contributed by atoms with Crippen molar-refractivity contribution >= 4 is 12.6 Å². The Balaban J connectivity index is 1.83. The molecule has 1 heterocycles. The van der Waals surface area contributed by atoms with E-state index in [0.29, 0.717) is 0 Å². The Hall–Kier alpha value is -2.10. The van der Waals surface area contributed by atoms with Gasteiger partial charge in [-0.3, -0.25) is 0 Å². The molecule has 0 N–H and O–H groups in total. The number of ether oxygens (including phenoxy) is 1. The van der Waals surface area contributed by atoms with Crippen LogP contribution >= 0.6 is 0 Å². The first-order valence-corrected chi connectivity index (χ1v) is 5.43. The molecule has 0 aliphatic carbocycles. The van der Waals surface area contributed by atoms with Gasteiger partial charge in [0, 0.05) is 5.46 Å². The molecule has 4 heteroatoms. The normalized spacial score (nSPS) is 12.6. The van der Waals surface area contributed by atoms with Crippen molar-refractivity contribution in [3.63, 3.8) is 0 Å². The molecule has 0 amide bonds. The number of rotatable bonds is 2. The lowest BCUT2D eigenvalue weighted by molar-refractivity contribution is 0.415. The monoisotopic (exact) mass is 226 g/mol. The molecule has 3 nitrogen and oxygen atoms in total. The van der Waals surface area contributed by atoms with Crippen molar-refractivity contribution < 1.29 is 14.0 Å². The first-order chi connectivity index (χ1) is 8.36. The molecule has 0 saturated carbocycles. The molecular formula is C13H11BO3. The molecule has 2 aromatic rings. The van der Waals surface area contributed by atoms with E-state index in [0.717, 1.165) is 22.7 Å². The minimum atomic E-state index is -0.363. The van der Waals surface area contributed by atoms with Crippen LogP contribution in [0, 0.1) is 0 Å². The second kappa shape index (κ2) is 4.05. The van der Waals surface area contributed by atoms with Gasteiger partial charge >= 0.3 is 7.12 Å². The number of hydrogen-bond donors (Lipinski definition) is 0. The fourth-order valence-corrected chi connectivity index (χ4v) is 1.80. The first kappa shape index (κ1) is 10.1. The van der Waals surface area contributed by atoms with E-state index in [1.54, 1.807) is 7.11 Å². The van der Waals surface area contributed by atoms with Gasteiger partial charge in [0.25, 0.3) is 0 Å². The Bertz CT molecular complexity index is 499. The second-order valence-electron chi connectivity index (χ2n) is 3.79. The van der Waals surface area contributed by atoms with E-state index in [2.05, 4.69) is 0 Å². The first-order valence-electron chi connectivity index (χ1n) is 5.43. The summed E-state index contributed by atoms with van der Waals surface area (Å²) >= 11 is 0. The summed E-state index contributed by atoms with van der Waals surface area (Å²) in [7, 11) is 1.28. The predicted molar refractivity (Wildman–Crippen MR) is 66.1 cm³/mol. The fraction of sp³-hybridized carbons (Fsp3) is 0.0769. The Morgan fingerprint density at radius 2 is 1.47 bits per heavy atom. The predicted octanol–water partition coefficient (Wildman–Crippen LogP) is 1.86. The molecule has 1 aliphatic heterocycles. The van der Waals surface area contributed by atoms with Gasteiger partial charge in [0.15, 0.2) is 0 Å². The summed E-state index contributed by atoms with van der Waals surface area (Å²) in [6.07, 6.45) is 0. The molecule has 84 valence electrons. The molecule has 0 spiro atoms. The zero-order valence-corrected chi connectivity index (χ0v) is 9.42. The van der Waals surface area contributed by atoms with Crippen molar-refractivity contribution in [3.05, 3.63) is 48.5 Å². The highest BCUT2D eigenvalue weighted by Gasteiger charge is 2.33. The standard InChI is InChI=1S/C13H11BO3/c1-15-11-8-6-10(7-9-11)14-16-12-4-2-3-5-13(12)17-14/h2-9H,1H3. The van der Waals surface area contributed by atoms with Gasteiger partial charge in [-0.2, -0.15) is 0 Å². The highest BCUT2D eigenvalue weighted by Crippen LogP contribution is 2.32. The molecule has 2 aromatic carbocycles. The van der Waals surface area contributed by atoms with Crippen LogP contribution in [0.15, 0.2) is 48.5 Å². The van der Waals surface area contributed by atoms with Gasteiger partial charge in [-0.05, 0) is 24.3 Å². The number of fused-ring (bicyclic) bond motifs is 1. The third-order valence-electron chi connectivity index (χ3n) is 2.71. The van der Waals surface area contributed by atoms with E-state index in [1.165, 1.54) is 0 Å². The fourth-order valence-electron chi connectivity index (χ4n) is 1.80. The molecule has 0 saturated heterocycles. The summed E-state index contributed by atoms with van der Waals surface area (Å²) in [5, 5.41) is 0. The van der Waals surface area contributed by atoms with Gasteiger partial charge in [-0.15, -0.1) is 0 Å². The maximum absolute atomic E-state index is 5.70. The minimum Gasteiger partial charge on any atom is -0.519 e. The van der Waals surface area contributed by atoms with E-state index in [4.69, 9.17) is 14.0 Å². The van der Waals surface area contributed by atoms with Crippen molar-refractivity contribution in [2.75, 3.05) is 7.11 Å². The highest BCUT2D eigenvalue weighted by molar-refractivity contribution is 6.63. The highest BCUT2D eigenvalue weighted by atomic mass is 16.6. The smallest absolute Gasteiger partial charge is 0.519 e. The summed E-state index contributed by atoms with van der Waals surface area (Å²) < 4.78 is 16.5. The van der Waals surface area contributed by atoms with Gasteiger partial charge in [-0.1, -0.05) is 24.3 Å². The Morgan fingerprint density at radius 3 is 2.00 bits per heavy atom. The van der Waals surface area contributed by atoms with Crippen molar-refractivity contribution in [1.82, 2.24) is 0 Å². The third kappa shape index (κ3) is 1.82. The molecule has 0 unspecified atom stereocenters. The average Bonchev–Trinajstić information content (AvgIpc) is 2.82. The lowest BCUT2D eigenvalue weighted by Gasteiger charge is -2.05. The lowest BCUT2D eigenvalue weighted by Crippen LogP contribution is -2.38. The van der Waals surface area contributed by atoms with E-state index < -0.39 is 0 Å². The van der Waals surface area contributed by atoms with E-state index in [-0.39, 0.29) is 7.12 Å². The quantitative estimate of drug-likeness (QED) is 0.731. The van der Waals surface area contributed by atoms with E-state index >= 15 is 0 Å². The lowest BCUT2D eigenvalue weighted by atomic mass is 9.79. The Kier molecular flexibility index (Phi) is 2.40. The maximum atomic E-state index is 5.70. The summed E-state index contributed by atoms with van der Waals surface area (Å²) in [4.78, 5) is 0. The average molecular weight is 226 g/mol. The molecule has 0 radical (unpaired) electrons. The summed E-state index contributed by atoms with van der Waals surface area (Å²) in [5.74, 6) is 2.39. The van der Waals surface area contributed by atoms with Crippen LogP contribution in [0.5, 0.6) is 17.2 Å². The molecule has 0 aromatic heterocycles. The van der Waals surface area contributed by atoms with Gasteiger partial charge in [0.2, 0.25) is 0 Å². The van der Waals surface area contributed by atoms with Crippen LogP contribution in [0.25, 0.3) is 0 Å². The SMILES string of the molecule is COc1ccc(B2Oc3ccccc3O2)cc1. The van der Waals surface area contributed by atoms with Crippen molar-refractivity contribution in [2.24, 2.45) is 0 Å². The van der Waals surface area contributed by atoms with Gasteiger partial charge < -0.3 is 14.0 Å². The van der Waals surface area contributed by atoms with Crippen LogP contribution in [-0.4, -0.2) is 14.2 Å². The van der Waals surface area contributed by atoms with Crippen LogP contribution in [0.2, 0.25) is 0 Å². The molecular weight excluding hydrogens is 215 g/mol. The van der Waals surface area contributed by atoms with Crippen molar-refractivity contribution in [1.29, 1.82) is 0 Å². The number of hydrogen-bond acceptors (Lipinski definition) is 3. The van der Waals surface area contributed by atoms with Crippen LogP contribution in [0.1, 0.15) is 0 Å². The van der Waals surface area contributed by atoms with E-state index in [9.17, 15) is 0 Å². The Labute approximate surface area is 100 Å². The number of benzene rings is 2. The third-order valence-corrected chi connectivity index (χ3v) is 2.71. The topological polar surface area (TPSA) is 27.7 Å². The molecule has 1 aliphatic rings. The van der Waals surface area contributed by atoms with Crippen LogP contribution < -0.4 is 19.5 Å². The zero-order valence-electron chi connectivity index (χ0n) is 9.42. The molecule has 17 heavy (non-hydrogen) atoms. The largest absolute Gasteiger partial charge is 0.632 e. The molecule has 0 fully saturated rings. The molecule has 3 rings (SSSR count). The zero-order chi connectivity index (χ0) is 11.7. The molecule has 0 bridgehead atoms. The van der Waals surface area contributed by atoms with Crippen molar-refractivity contribution in [2.45, 2.75) is 0 Å². The summed E-state index contributed by atoms with van der Waals surface area (Å²) in [5.41, 5.74) is 0.974. The van der Waals surface area contributed by atoms with Crippen molar-refractivity contribution in [3.8, 4) is 17.2 Å². The summed E-state index contributed by atoms with van der Waals surface area (Å²) in [6, 6.07) is 15.3. The minimum absolute atomic E-state index is 0.363. The van der Waals surface area contributed by atoms with Gasteiger partial charge in [-0.25, -0.2) is 0 Å². The maximum Gasteiger partial charge on any atom is 0.632 e. The number of methoxy groups -OCH3 is 1. The summed E-state index contributed by atoms with van der Waals surface area (Å²) in [6.45, 7) is 0. The Morgan fingerprint density at radius 1 is 0.882 bits per heavy atom. The van der Waals surface area contributed by atoms with Crippen LogP contribution in [-0.2, 0) is 0 Å². The number of para-hydroxylation sites is 2. The van der Waals surface area contributed by atoms with Crippen LogP contribution in [0.4, 0.5) is 0 Å². The second-order valence-corrected chi connectivity index (χ2v) is 3.79. The van der Waals surface area contributed by atoms with Crippen LogP contribution in [0.3, 0.4) is 0 Å². The van der Waals surface area contributed by atoms with Gasteiger partial charge in [0.05, 0.1) is 7.11 Å². The van der Waals surface area contributed by atoms with Gasteiger partial charge in [0.1, 0.15) is 17.2 Å².